The highest BCUT2D eigenvalue weighted by Gasteiger charge is 2.21. The summed E-state index contributed by atoms with van der Waals surface area (Å²) < 4.78 is 5.55. The minimum absolute atomic E-state index is 0.166. The van der Waals surface area contributed by atoms with Crippen molar-refractivity contribution >= 4 is 35.0 Å². The molecule has 7 nitrogen and oxygen atoms in total. The van der Waals surface area contributed by atoms with Gasteiger partial charge in [-0.25, -0.2) is 4.98 Å². The van der Waals surface area contributed by atoms with E-state index < -0.39 is 6.04 Å². The quantitative estimate of drug-likeness (QED) is 0.387. The summed E-state index contributed by atoms with van der Waals surface area (Å²) in [5, 5.41) is 5.89. The van der Waals surface area contributed by atoms with Crippen molar-refractivity contribution < 1.29 is 14.0 Å². The average Bonchev–Trinajstić information content (AvgIpc) is 3.57. The average molecular weight is 493 g/mol. The molecule has 1 aromatic heterocycles. The molecule has 2 amide bonds. The van der Waals surface area contributed by atoms with E-state index in [1.165, 1.54) is 24.6 Å². The van der Waals surface area contributed by atoms with E-state index in [0.717, 1.165) is 42.1 Å². The lowest BCUT2D eigenvalue weighted by molar-refractivity contribution is -0.125. The number of hydrogen-bond donors (Lipinski definition) is 2. The van der Waals surface area contributed by atoms with Crippen molar-refractivity contribution in [1.82, 2.24) is 10.3 Å². The molecule has 0 aliphatic carbocycles. The molecule has 2 aromatic carbocycles. The zero-order valence-electron chi connectivity index (χ0n) is 20.0. The highest BCUT2D eigenvalue weighted by atomic mass is 32.2. The summed E-state index contributed by atoms with van der Waals surface area (Å²) in [5.41, 5.74) is 3.57. The second-order valence-electron chi connectivity index (χ2n) is 8.65. The van der Waals surface area contributed by atoms with E-state index in [1.807, 2.05) is 55.5 Å². The van der Waals surface area contributed by atoms with Crippen molar-refractivity contribution in [2.24, 2.45) is 0 Å². The standard InChI is InChI=1S/C27H32N4O3S/c1-2-9-24(26(33)28-21-12-8-13-23(16-21)31-14-6-7-15-31)30-25(32)19-35-18-22-17-34-27(29-22)20-10-4-3-5-11-20/h3-5,8,10-13,16-17,24H,2,6-7,9,14-15,18-19H2,1H3,(H,28,33)(H,30,32). The molecule has 1 unspecified atom stereocenters. The van der Waals surface area contributed by atoms with Crippen LogP contribution in [0.5, 0.6) is 0 Å². The summed E-state index contributed by atoms with van der Waals surface area (Å²) in [6.45, 7) is 4.10. The van der Waals surface area contributed by atoms with Crippen molar-refractivity contribution in [3.63, 3.8) is 0 Å². The molecule has 0 radical (unpaired) electrons. The lowest BCUT2D eigenvalue weighted by atomic mass is 10.1. The van der Waals surface area contributed by atoms with Crippen LogP contribution in [-0.2, 0) is 15.3 Å². The number of amides is 2. The van der Waals surface area contributed by atoms with Crippen LogP contribution in [0.1, 0.15) is 38.3 Å². The Balaban J connectivity index is 1.26. The predicted octanol–water partition coefficient (Wildman–Crippen LogP) is 5.10. The lowest BCUT2D eigenvalue weighted by Gasteiger charge is -2.20. The van der Waals surface area contributed by atoms with Gasteiger partial charge < -0.3 is 20.0 Å². The first kappa shape index (κ1) is 24.9. The number of nitrogens with one attached hydrogen (secondary N) is 2. The van der Waals surface area contributed by atoms with Crippen molar-refractivity contribution in [3.8, 4) is 11.5 Å². The van der Waals surface area contributed by atoms with E-state index in [4.69, 9.17) is 4.42 Å². The van der Waals surface area contributed by atoms with Crippen LogP contribution in [0.2, 0.25) is 0 Å². The molecule has 4 rings (SSSR count). The lowest BCUT2D eigenvalue weighted by Crippen LogP contribution is -2.44. The molecule has 3 aromatic rings. The summed E-state index contributed by atoms with van der Waals surface area (Å²) in [6, 6.07) is 17.1. The van der Waals surface area contributed by atoms with Gasteiger partial charge in [-0.15, -0.1) is 11.8 Å². The molecular formula is C27H32N4O3S. The van der Waals surface area contributed by atoms with Crippen molar-refractivity contribution in [2.75, 3.05) is 29.1 Å². The molecule has 1 saturated heterocycles. The van der Waals surface area contributed by atoms with Gasteiger partial charge in [0.25, 0.3) is 0 Å². The fraction of sp³-hybridized carbons (Fsp3) is 0.370. The maximum atomic E-state index is 12.9. The Bertz CT molecular complexity index is 1110. The van der Waals surface area contributed by atoms with Crippen LogP contribution in [0.3, 0.4) is 0 Å². The fourth-order valence-corrected chi connectivity index (χ4v) is 4.83. The van der Waals surface area contributed by atoms with Gasteiger partial charge in [0.2, 0.25) is 17.7 Å². The minimum Gasteiger partial charge on any atom is -0.444 e. The fourth-order valence-electron chi connectivity index (χ4n) is 4.11. The number of aromatic nitrogens is 1. The minimum atomic E-state index is -0.569. The first-order valence-electron chi connectivity index (χ1n) is 12.1. The Morgan fingerprint density at radius 2 is 1.91 bits per heavy atom. The number of benzene rings is 2. The molecule has 2 heterocycles. The van der Waals surface area contributed by atoms with Gasteiger partial charge in [-0.3, -0.25) is 9.59 Å². The zero-order valence-corrected chi connectivity index (χ0v) is 20.9. The van der Waals surface area contributed by atoms with Gasteiger partial charge in [0, 0.05) is 35.8 Å². The Labute approximate surface area is 210 Å². The Morgan fingerprint density at radius 3 is 2.69 bits per heavy atom. The maximum Gasteiger partial charge on any atom is 0.246 e. The summed E-state index contributed by atoms with van der Waals surface area (Å²) in [7, 11) is 0. The van der Waals surface area contributed by atoms with E-state index in [-0.39, 0.29) is 17.6 Å². The smallest absolute Gasteiger partial charge is 0.246 e. The van der Waals surface area contributed by atoms with E-state index in [2.05, 4.69) is 26.6 Å². The summed E-state index contributed by atoms with van der Waals surface area (Å²) >= 11 is 1.44. The molecule has 1 atom stereocenters. The highest BCUT2D eigenvalue weighted by Crippen LogP contribution is 2.24. The predicted molar refractivity (Wildman–Crippen MR) is 141 cm³/mol. The largest absolute Gasteiger partial charge is 0.444 e. The molecule has 0 saturated carbocycles. The summed E-state index contributed by atoms with van der Waals surface area (Å²) in [6.07, 6.45) is 5.39. The number of carbonyl (C=O) groups is 2. The van der Waals surface area contributed by atoms with E-state index >= 15 is 0 Å². The molecule has 0 bridgehead atoms. The number of oxazole rings is 1. The zero-order chi connectivity index (χ0) is 24.5. The Kier molecular flexibility index (Phi) is 8.84. The van der Waals surface area contributed by atoms with Gasteiger partial charge in [0.05, 0.1) is 11.4 Å². The third kappa shape index (κ3) is 7.11. The molecule has 35 heavy (non-hydrogen) atoms. The first-order chi connectivity index (χ1) is 17.1. The van der Waals surface area contributed by atoms with Gasteiger partial charge in [-0.2, -0.15) is 0 Å². The van der Waals surface area contributed by atoms with Gasteiger partial charge in [0.15, 0.2) is 0 Å². The van der Waals surface area contributed by atoms with Crippen LogP contribution in [0.4, 0.5) is 11.4 Å². The summed E-state index contributed by atoms with van der Waals surface area (Å²) in [5.74, 6) is 1.01. The molecule has 1 aliphatic heterocycles. The molecule has 1 fully saturated rings. The molecule has 8 heteroatoms. The summed E-state index contributed by atoms with van der Waals surface area (Å²) in [4.78, 5) is 32.3. The number of rotatable bonds is 11. The monoisotopic (exact) mass is 492 g/mol. The molecular weight excluding hydrogens is 460 g/mol. The van der Waals surface area contributed by atoms with Gasteiger partial charge in [0.1, 0.15) is 12.3 Å². The van der Waals surface area contributed by atoms with E-state index in [1.54, 1.807) is 6.26 Å². The van der Waals surface area contributed by atoms with Crippen molar-refractivity contribution in [3.05, 3.63) is 66.6 Å². The number of anilines is 2. The number of carbonyl (C=O) groups excluding carboxylic acids is 2. The second-order valence-corrected chi connectivity index (χ2v) is 9.63. The topological polar surface area (TPSA) is 87.5 Å². The third-order valence-corrected chi connectivity index (χ3v) is 6.84. The maximum absolute atomic E-state index is 12.9. The highest BCUT2D eigenvalue weighted by molar-refractivity contribution is 7.99. The molecule has 2 N–H and O–H groups in total. The van der Waals surface area contributed by atoms with Crippen molar-refractivity contribution in [2.45, 2.75) is 44.4 Å². The van der Waals surface area contributed by atoms with Crippen LogP contribution in [-0.4, -0.2) is 41.7 Å². The third-order valence-electron chi connectivity index (χ3n) is 5.87. The van der Waals surface area contributed by atoms with Crippen LogP contribution >= 0.6 is 11.8 Å². The van der Waals surface area contributed by atoms with Gasteiger partial charge in [-0.1, -0.05) is 37.6 Å². The second kappa shape index (κ2) is 12.4. The number of nitrogens with zero attached hydrogens (tertiary/aromatic N) is 2. The van der Waals surface area contributed by atoms with Crippen LogP contribution in [0.15, 0.2) is 65.3 Å². The van der Waals surface area contributed by atoms with Crippen LogP contribution in [0, 0.1) is 0 Å². The van der Waals surface area contributed by atoms with Crippen LogP contribution in [0.25, 0.3) is 11.5 Å². The normalized spacial score (nSPS) is 14.0. The first-order valence-corrected chi connectivity index (χ1v) is 13.3. The van der Waals surface area contributed by atoms with Gasteiger partial charge >= 0.3 is 0 Å². The number of hydrogen-bond acceptors (Lipinski definition) is 6. The molecule has 0 spiro atoms. The number of thioether (sulfide) groups is 1. The van der Waals surface area contributed by atoms with E-state index in [9.17, 15) is 9.59 Å². The molecule has 1 aliphatic rings. The van der Waals surface area contributed by atoms with E-state index in [0.29, 0.717) is 18.1 Å². The Hall–Kier alpha value is -3.26. The van der Waals surface area contributed by atoms with Crippen LogP contribution < -0.4 is 15.5 Å². The SMILES string of the molecule is CCCC(NC(=O)CSCc1coc(-c2ccccc2)n1)C(=O)Nc1cccc(N2CCCC2)c1. The molecule has 184 valence electrons. The van der Waals surface area contributed by atoms with Gasteiger partial charge in [-0.05, 0) is 49.6 Å². The Morgan fingerprint density at radius 1 is 1.11 bits per heavy atom. The van der Waals surface area contributed by atoms with Crippen molar-refractivity contribution in [1.29, 1.82) is 0 Å².